The molecule has 9 nitrogen and oxygen atoms in total. The lowest BCUT2D eigenvalue weighted by molar-refractivity contribution is 0.307. The standard InChI is InChI=1S/C25H21N5O4S/c1-29-12-17(11-26-29)16-6-4-5-15(7-16)14-33-21-8-18(31-2)9-22-19(21)10-23(34-22)20-13-30-24(27-20)35-25(28-30)32-3/h4-13H,14H2,1-3H3. The van der Waals surface area contributed by atoms with Crippen LogP contribution in [0, 0.1) is 0 Å². The van der Waals surface area contributed by atoms with Crippen molar-refractivity contribution >= 4 is 27.3 Å². The van der Waals surface area contributed by atoms with Crippen molar-refractivity contribution in [3.8, 4) is 39.3 Å². The molecular formula is C25H21N5O4S. The van der Waals surface area contributed by atoms with Gasteiger partial charge in [0, 0.05) is 30.9 Å². The summed E-state index contributed by atoms with van der Waals surface area (Å²) in [4.78, 5) is 5.34. The summed E-state index contributed by atoms with van der Waals surface area (Å²) in [5.74, 6) is 1.94. The predicted octanol–water partition coefficient (Wildman–Crippen LogP) is 5.20. The fraction of sp³-hybridized carbons (Fsp3) is 0.160. The molecule has 0 fully saturated rings. The van der Waals surface area contributed by atoms with Gasteiger partial charge in [-0.2, -0.15) is 5.10 Å². The topological polar surface area (TPSA) is 88.8 Å². The number of aromatic nitrogens is 5. The average Bonchev–Trinajstić information content (AvgIpc) is 3.64. The van der Waals surface area contributed by atoms with Crippen molar-refractivity contribution in [2.24, 2.45) is 7.05 Å². The first-order valence-electron chi connectivity index (χ1n) is 10.8. The van der Waals surface area contributed by atoms with Crippen LogP contribution in [-0.4, -0.2) is 38.6 Å². The third-order valence-corrected chi connectivity index (χ3v) is 6.50. The first kappa shape index (κ1) is 21.2. The van der Waals surface area contributed by atoms with Crippen LogP contribution in [0.1, 0.15) is 5.56 Å². The van der Waals surface area contributed by atoms with Gasteiger partial charge in [-0.05, 0) is 34.6 Å². The molecule has 0 aliphatic carbocycles. The van der Waals surface area contributed by atoms with Gasteiger partial charge < -0.3 is 18.6 Å². The fourth-order valence-corrected chi connectivity index (χ4v) is 4.60. The lowest BCUT2D eigenvalue weighted by Gasteiger charge is -2.10. The van der Waals surface area contributed by atoms with Crippen LogP contribution in [0.15, 0.2) is 65.5 Å². The first-order chi connectivity index (χ1) is 17.1. The van der Waals surface area contributed by atoms with E-state index in [1.165, 1.54) is 11.3 Å². The molecule has 0 radical (unpaired) electrons. The van der Waals surface area contributed by atoms with Crippen molar-refractivity contribution in [2.75, 3.05) is 14.2 Å². The van der Waals surface area contributed by atoms with E-state index in [-0.39, 0.29) is 0 Å². The Hall–Kier alpha value is -4.31. The molecule has 0 saturated carbocycles. The molecule has 0 aliphatic rings. The Bertz CT molecular complexity index is 1630. The molecule has 0 bridgehead atoms. The molecule has 0 N–H and O–H groups in total. The fourth-order valence-electron chi connectivity index (χ4n) is 3.90. The van der Waals surface area contributed by atoms with E-state index in [4.69, 9.17) is 18.6 Å². The maximum atomic E-state index is 6.25. The van der Waals surface area contributed by atoms with Crippen LogP contribution in [0.3, 0.4) is 0 Å². The quantitative estimate of drug-likeness (QED) is 0.306. The van der Waals surface area contributed by atoms with Gasteiger partial charge in [0.25, 0.3) is 5.19 Å². The van der Waals surface area contributed by atoms with E-state index in [9.17, 15) is 0 Å². The van der Waals surface area contributed by atoms with Gasteiger partial charge >= 0.3 is 0 Å². The molecule has 35 heavy (non-hydrogen) atoms. The third kappa shape index (κ3) is 3.97. The minimum absolute atomic E-state index is 0.390. The summed E-state index contributed by atoms with van der Waals surface area (Å²) in [6.45, 7) is 0.390. The van der Waals surface area contributed by atoms with E-state index in [0.717, 1.165) is 27.0 Å². The summed E-state index contributed by atoms with van der Waals surface area (Å²) in [7, 11) is 5.11. The molecule has 0 atom stereocenters. The molecule has 0 amide bonds. The summed E-state index contributed by atoms with van der Waals surface area (Å²) < 4.78 is 26.5. The van der Waals surface area contributed by atoms with Crippen molar-refractivity contribution < 1.29 is 18.6 Å². The van der Waals surface area contributed by atoms with Crippen molar-refractivity contribution in [1.82, 2.24) is 24.4 Å². The Labute approximate surface area is 204 Å². The lowest BCUT2D eigenvalue weighted by atomic mass is 10.1. The molecule has 176 valence electrons. The molecule has 0 aliphatic heterocycles. The average molecular weight is 488 g/mol. The van der Waals surface area contributed by atoms with E-state index in [1.807, 2.05) is 56.0 Å². The molecular weight excluding hydrogens is 466 g/mol. The Balaban J connectivity index is 1.31. The van der Waals surface area contributed by atoms with Gasteiger partial charge in [0.2, 0.25) is 4.96 Å². The number of hydrogen-bond acceptors (Lipinski definition) is 8. The monoisotopic (exact) mass is 487 g/mol. The number of methoxy groups -OCH3 is 2. The van der Waals surface area contributed by atoms with Gasteiger partial charge in [0.05, 0.1) is 32.0 Å². The third-order valence-electron chi connectivity index (χ3n) is 5.62. The van der Waals surface area contributed by atoms with Crippen LogP contribution in [0.4, 0.5) is 0 Å². The maximum absolute atomic E-state index is 6.25. The van der Waals surface area contributed by atoms with Crippen LogP contribution in [-0.2, 0) is 13.7 Å². The summed E-state index contributed by atoms with van der Waals surface area (Å²) in [5, 5.41) is 9.98. The Morgan fingerprint density at radius 2 is 1.94 bits per heavy atom. The van der Waals surface area contributed by atoms with Crippen molar-refractivity contribution in [3.63, 3.8) is 0 Å². The highest BCUT2D eigenvalue weighted by atomic mass is 32.1. The van der Waals surface area contributed by atoms with Crippen LogP contribution >= 0.6 is 11.3 Å². The number of fused-ring (bicyclic) bond motifs is 2. The highest BCUT2D eigenvalue weighted by Crippen LogP contribution is 2.37. The molecule has 10 heteroatoms. The number of benzene rings is 2. The predicted molar refractivity (Wildman–Crippen MR) is 132 cm³/mol. The molecule has 0 spiro atoms. The van der Waals surface area contributed by atoms with Crippen LogP contribution in [0.5, 0.6) is 16.7 Å². The zero-order valence-electron chi connectivity index (χ0n) is 19.3. The lowest BCUT2D eigenvalue weighted by Crippen LogP contribution is -1.96. The van der Waals surface area contributed by atoms with Gasteiger partial charge in [0.15, 0.2) is 5.76 Å². The largest absolute Gasteiger partial charge is 0.496 e. The molecule has 0 saturated heterocycles. The number of furan rings is 1. The molecule has 0 unspecified atom stereocenters. The Morgan fingerprint density at radius 1 is 1.03 bits per heavy atom. The summed E-state index contributed by atoms with van der Waals surface area (Å²) >= 11 is 1.36. The second-order valence-electron chi connectivity index (χ2n) is 7.97. The van der Waals surface area contributed by atoms with Crippen molar-refractivity contribution in [1.29, 1.82) is 0 Å². The van der Waals surface area contributed by atoms with Crippen LogP contribution in [0.25, 0.3) is 38.5 Å². The number of hydrogen-bond donors (Lipinski definition) is 0. The SMILES string of the molecule is COc1cc(OCc2cccc(-c3cnn(C)c3)c2)c2cc(-c3cn4nc(OC)sc4n3)oc2c1. The number of rotatable bonds is 7. The van der Waals surface area contributed by atoms with Crippen LogP contribution < -0.4 is 14.2 Å². The zero-order chi connectivity index (χ0) is 23.9. The van der Waals surface area contributed by atoms with Gasteiger partial charge in [0.1, 0.15) is 29.4 Å². The van der Waals surface area contributed by atoms with Gasteiger partial charge in [-0.25, -0.2) is 9.50 Å². The van der Waals surface area contributed by atoms with E-state index in [2.05, 4.69) is 27.3 Å². The number of imidazole rings is 1. The Kier molecular flexibility index (Phi) is 5.14. The smallest absolute Gasteiger partial charge is 0.294 e. The molecule has 4 aromatic heterocycles. The van der Waals surface area contributed by atoms with Gasteiger partial charge in [-0.3, -0.25) is 4.68 Å². The highest BCUT2D eigenvalue weighted by Gasteiger charge is 2.17. The Morgan fingerprint density at radius 3 is 2.71 bits per heavy atom. The molecule has 6 aromatic rings. The van der Waals surface area contributed by atoms with E-state index in [0.29, 0.717) is 40.3 Å². The normalized spacial score (nSPS) is 11.4. The molecule has 2 aromatic carbocycles. The van der Waals surface area contributed by atoms with Crippen molar-refractivity contribution in [2.45, 2.75) is 6.61 Å². The minimum Gasteiger partial charge on any atom is -0.496 e. The van der Waals surface area contributed by atoms with E-state index in [1.54, 1.807) is 23.4 Å². The van der Waals surface area contributed by atoms with Gasteiger partial charge in [-0.15, -0.1) is 5.10 Å². The first-order valence-corrected chi connectivity index (χ1v) is 11.6. The van der Waals surface area contributed by atoms with Crippen LogP contribution in [0.2, 0.25) is 0 Å². The summed E-state index contributed by atoms with van der Waals surface area (Å²) in [6, 6.07) is 13.9. The van der Waals surface area contributed by atoms with E-state index < -0.39 is 0 Å². The second kappa shape index (κ2) is 8.48. The molecule has 4 heterocycles. The summed E-state index contributed by atoms with van der Waals surface area (Å²) in [6.07, 6.45) is 5.66. The van der Waals surface area contributed by atoms with Gasteiger partial charge in [-0.1, -0.05) is 18.2 Å². The zero-order valence-corrected chi connectivity index (χ0v) is 20.1. The number of ether oxygens (including phenoxy) is 3. The van der Waals surface area contributed by atoms with Crippen molar-refractivity contribution in [3.05, 3.63) is 66.6 Å². The number of aryl methyl sites for hydroxylation is 1. The minimum atomic E-state index is 0.390. The number of nitrogens with zero attached hydrogens (tertiary/aromatic N) is 5. The van der Waals surface area contributed by atoms with E-state index >= 15 is 0 Å². The molecule has 6 rings (SSSR count). The second-order valence-corrected chi connectivity index (χ2v) is 8.88. The summed E-state index contributed by atoms with van der Waals surface area (Å²) in [5.41, 5.74) is 4.52. The maximum Gasteiger partial charge on any atom is 0.294 e. The highest BCUT2D eigenvalue weighted by molar-refractivity contribution is 7.18.